The average molecular weight is 198 g/mol. The van der Waals surface area contributed by atoms with Gasteiger partial charge in [0.1, 0.15) is 0 Å². The van der Waals surface area contributed by atoms with Crippen LogP contribution in [-0.4, -0.2) is 29.2 Å². The summed E-state index contributed by atoms with van der Waals surface area (Å²) in [6.45, 7) is 6.99. The van der Waals surface area contributed by atoms with E-state index in [4.69, 9.17) is 0 Å². The zero-order chi connectivity index (χ0) is 11.1. The minimum atomic E-state index is -0.809. The van der Waals surface area contributed by atoms with Crippen molar-refractivity contribution in [2.24, 2.45) is 0 Å². The highest BCUT2D eigenvalue weighted by Crippen LogP contribution is 2.39. The van der Waals surface area contributed by atoms with E-state index in [0.717, 1.165) is 5.06 Å². The van der Waals surface area contributed by atoms with Gasteiger partial charge in [0.2, 0.25) is 0 Å². The van der Waals surface area contributed by atoms with Gasteiger partial charge in [-0.05, 0) is 27.7 Å². The van der Waals surface area contributed by atoms with Gasteiger partial charge >= 0.3 is 5.97 Å². The molecule has 0 amide bonds. The Kier molecular flexibility index (Phi) is 2.46. The predicted octanol–water partition coefficient (Wildman–Crippen LogP) is 1.46. The first-order valence-electron chi connectivity index (χ1n) is 4.52. The molecule has 0 atom stereocenters. The molecule has 0 bridgehead atoms. The molecule has 0 aromatic heterocycles. The van der Waals surface area contributed by atoms with E-state index in [0.29, 0.717) is 5.57 Å². The molecule has 0 radical (unpaired) electrons. The Morgan fingerprint density at radius 1 is 1.43 bits per heavy atom. The molecule has 80 valence electrons. The largest absolute Gasteiger partial charge is 0.784 e. The van der Waals surface area contributed by atoms with Gasteiger partial charge < -0.3 is 15.0 Å². The third kappa shape index (κ3) is 1.44. The van der Waals surface area contributed by atoms with Crippen molar-refractivity contribution in [2.45, 2.75) is 38.8 Å². The van der Waals surface area contributed by atoms with Crippen LogP contribution in [0.5, 0.6) is 0 Å². The smallest absolute Gasteiger partial charge is 0.335 e. The van der Waals surface area contributed by atoms with Crippen LogP contribution in [0.3, 0.4) is 0 Å². The van der Waals surface area contributed by atoms with Crippen molar-refractivity contribution in [1.82, 2.24) is 5.06 Å². The average Bonchev–Trinajstić information content (AvgIpc) is 2.25. The van der Waals surface area contributed by atoms with Crippen LogP contribution < -0.4 is 0 Å². The van der Waals surface area contributed by atoms with Crippen molar-refractivity contribution in [2.75, 3.05) is 7.11 Å². The molecule has 0 spiro atoms. The Hall–Kier alpha value is -0.870. The second-order valence-electron chi connectivity index (χ2n) is 4.56. The lowest BCUT2D eigenvalue weighted by Gasteiger charge is -2.47. The number of nitrogens with zero attached hydrogens (tertiary/aromatic N) is 1. The van der Waals surface area contributed by atoms with E-state index < -0.39 is 17.0 Å². The number of ether oxygens (including phenoxy) is 1. The van der Waals surface area contributed by atoms with Crippen LogP contribution in [0.4, 0.5) is 0 Å². The summed E-state index contributed by atoms with van der Waals surface area (Å²) < 4.78 is 4.64. The molecule has 14 heavy (non-hydrogen) atoms. The van der Waals surface area contributed by atoms with Crippen LogP contribution >= 0.6 is 0 Å². The molecule has 0 fully saturated rings. The summed E-state index contributed by atoms with van der Waals surface area (Å²) in [7, 11) is 1.32. The van der Waals surface area contributed by atoms with Crippen LogP contribution in [0.1, 0.15) is 27.7 Å². The number of carbonyl (C=O) groups is 1. The minimum Gasteiger partial charge on any atom is -0.784 e. The highest BCUT2D eigenvalue weighted by molar-refractivity contribution is 5.92. The second kappa shape index (κ2) is 3.07. The van der Waals surface area contributed by atoms with E-state index in [1.54, 1.807) is 33.8 Å². The lowest BCUT2D eigenvalue weighted by Crippen LogP contribution is -2.46. The summed E-state index contributed by atoms with van der Waals surface area (Å²) in [5.41, 5.74) is -1.02. The maximum Gasteiger partial charge on any atom is 0.335 e. The van der Waals surface area contributed by atoms with Crippen LogP contribution in [0.15, 0.2) is 11.6 Å². The Balaban J connectivity index is 3.13. The minimum absolute atomic E-state index is 0.429. The standard InChI is InChI=1S/C10H16NO3/c1-9(2)6-7(8(12)14-5)10(3,4)11(9)13/h6H,1-5H3/q-1. The van der Waals surface area contributed by atoms with Crippen molar-refractivity contribution < 1.29 is 9.53 Å². The van der Waals surface area contributed by atoms with E-state index in [1.807, 2.05) is 0 Å². The summed E-state index contributed by atoms with van der Waals surface area (Å²) in [6.07, 6.45) is 1.67. The topological polar surface area (TPSA) is 52.6 Å². The van der Waals surface area contributed by atoms with E-state index in [9.17, 15) is 10.0 Å². The molecule has 1 rings (SSSR count). The molecule has 0 aromatic carbocycles. The van der Waals surface area contributed by atoms with E-state index >= 15 is 0 Å². The number of hydrogen-bond donors (Lipinski definition) is 0. The van der Waals surface area contributed by atoms with Gasteiger partial charge in [-0.15, -0.1) is 0 Å². The Morgan fingerprint density at radius 2 is 1.93 bits per heavy atom. The first-order chi connectivity index (χ1) is 6.23. The molecule has 0 N–H and O–H groups in total. The molecule has 1 aliphatic rings. The maximum atomic E-state index is 11.8. The quantitative estimate of drug-likeness (QED) is 0.598. The van der Waals surface area contributed by atoms with Gasteiger partial charge in [0.05, 0.1) is 12.7 Å². The van der Waals surface area contributed by atoms with Crippen LogP contribution in [0, 0.1) is 5.21 Å². The fourth-order valence-electron chi connectivity index (χ4n) is 1.84. The van der Waals surface area contributed by atoms with Crippen LogP contribution in [-0.2, 0) is 9.53 Å². The highest BCUT2D eigenvalue weighted by atomic mass is 16.5. The van der Waals surface area contributed by atoms with Gasteiger partial charge in [0.15, 0.2) is 0 Å². The number of rotatable bonds is 1. The molecule has 0 saturated carbocycles. The van der Waals surface area contributed by atoms with E-state index in [-0.39, 0.29) is 0 Å². The second-order valence-corrected chi connectivity index (χ2v) is 4.56. The monoisotopic (exact) mass is 198 g/mol. The van der Waals surface area contributed by atoms with Crippen molar-refractivity contribution in [3.8, 4) is 0 Å². The molecule has 4 nitrogen and oxygen atoms in total. The molecule has 4 heteroatoms. The molecular formula is C10H16NO3-. The molecule has 1 aliphatic heterocycles. The molecule has 0 aliphatic carbocycles. The lowest BCUT2D eigenvalue weighted by atomic mass is 9.97. The molecule has 1 heterocycles. The number of carbonyl (C=O) groups excluding carboxylic acids is 1. The number of methoxy groups -OCH3 is 1. The lowest BCUT2D eigenvalue weighted by molar-refractivity contribution is -0.137. The van der Waals surface area contributed by atoms with Crippen molar-refractivity contribution in [3.05, 3.63) is 16.9 Å². The zero-order valence-electron chi connectivity index (χ0n) is 9.25. The van der Waals surface area contributed by atoms with Crippen LogP contribution in [0.25, 0.3) is 0 Å². The normalized spacial score (nSPS) is 24.6. The summed E-state index contributed by atoms with van der Waals surface area (Å²) in [5, 5.41) is 12.8. The molecule has 0 aromatic rings. The first-order valence-corrected chi connectivity index (χ1v) is 4.52. The van der Waals surface area contributed by atoms with Crippen molar-refractivity contribution >= 4 is 5.97 Å². The summed E-state index contributed by atoms with van der Waals surface area (Å²) in [5.74, 6) is -0.429. The summed E-state index contributed by atoms with van der Waals surface area (Å²) >= 11 is 0. The fraction of sp³-hybridized carbons (Fsp3) is 0.700. The maximum absolute atomic E-state index is 11.8. The van der Waals surface area contributed by atoms with Crippen molar-refractivity contribution in [1.29, 1.82) is 0 Å². The summed E-state index contributed by atoms with van der Waals surface area (Å²) in [6, 6.07) is 0. The van der Waals surface area contributed by atoms with Gasteiger partial charge in [-0.25, -0.2) is 4.79 Å². The number of esters is 1. The Labute approximate surface area is 84.1 Å². The molecule has 0 unspecified atom stereocenters. The van der Waals surface area contributed by atoms with Gasteiger partial charge in [0.25, 0.3) is 0 Å². The van der Waals surface area contributed by atoms with Crippen molar-refractivity contribution in [3.63, 3.8) is 0 Å². The Morgan fingerprint density at radius 3 is 2.21 bits per heavy atom. The third-order valence-corrected chi connectivity index (χ3v) is 2.59. The van der Waals surface area contributed by atoms with Gasteiger partial charge in [-0.3, -0.25) is 0 Å². The van der Waals surface area contributed by atoms with Gasteiger partial charge in [-0.2, -0.15) is 0 Å². The first kappa shape index (κ1) is 11.2. The molecular weight excluding hydrogens is 182 g/mol. The van der Waals surface area contributed by atoms with Crippen LogP contribution in [0.2, 0.25) is 0 Å². The van der Waals surface area contributed by atoms with E-state index in [1.165, 1.54) is 7.11 Å². The highest BCUT2D eigenvalue weighted by Gasteiger charge is 2.43. The number of hydroxylamine groups is 2. The predicted molar refractivity (Wildman–Crippen MR) is 53.5 cm³/mol. The van der Waals surface area contributed by atoms with Gasteiger partial charge in [0, 0.05) is 11.1 Å². The van der Waals surface area contributed by atoms with E-state index in [2.05, 4.69) is 4.74 Å². The summed E-state index contributed by atoms with van der Waals surface area (Å²) in [4.78, 5) is 11.4. The zero-order valence-corrected chi connectivity index (χ0v) is 9.25. The number of hydrogen-bond acceptors (Lipinski definition) is 4. The molecule has 0 saturated heterocycles. The fourth-order valence-corrected chi connectivity index (χ4v) is 1.84. The third-order valence-electron chi connectivity index (χ3n) is 2.59. The van der Waals surface area contributed by atoms with Gasteiger partial charge in [-0.1, -0.05) is 6.08 Å². The Bertz CT molecular complexity index is 292. The SMILES string of the molecule is COC(=O)C1=CC(C)(C)N([O-])C1(C)C.